The number of amides is 2. The fraction of sp³-hybridized carbons (Fsp3) is 0.467. The van der Waals surface area contributed by atoms with Crippen LogP contribution >= 0.6 is 23.5 Å². The van der Waals surface area contributed by atoms with E-state index in [9.17, 15) is 29.1 Å². The van der Waals surface area contributed by atoms with Crippen molar-refractivity contribution in [1.82, 2.24) is 10.2 Å². The summed E-state index contributed by atoms with van der Waals surface area (Å²) in [6.07, 6.45) is -0.463. The molecule has 2 amide bonds. The minimum absolute atomic E-state index is 0.127. The molecule has 0 radical (unpaired) electrons. The molecule has 2 aliphatic heterocycles. The standard InChI is InChI=1S/C15H15N3O7S2/c1-7(19)25-3-8-4-27-14-11(13(22)18(14)12(8)15(23)24)17-10(21)2-9(20)5-26-6-16/h11,14H,2-5H2,1H3,(H,17,21)(H,23,24)/t11?,14-/m0/s1. The maximum atomic E-state index is 12.3. The van der Waals surface area contributed by atoms with Gasteiger partial charge in [0.25, 0.3) is 5.91 Å². The van der Waals surface area contributed by atoms with Crippen LogP contribution in [0.5, 0.6) is 0 Å². The number of nitriles is 1. The van der Waals surface area contributed by atoms with Gasteiger partial charge in [0.05, 0.1) is 12.2 Å². The molecule has 27 heavy (non-hydrogen) atoms. The molecule has 0 aliphatic carbocycles. The molecule has 2 N–H and O–H groups in total. The van der Waals surface area contributed by atoms with E-state index in [1.165, 1.54) is 18.7 Å². The number of carboxylic acids is 1. The van der Waals surface area contributed by atoms with Crippen LogP contribution in [0, 0.1) is 10.7 Å². The van der Waals surface area contributed by atoms with Crippen LogP contribution in [0.25, 0.3) is 0 Å². The van der Waals surface area contributed by atoms with Gasteiger partial charge >= 0.3 is 11.9 Å². The molecule has 2 heterocycles. The van der Waals surface area contributed by atoms with E-state index < -0.39 is 47.4 Å². The summed E-state index contributed by atoms with van der Waals surface area (Å²) in [7, 11) is 0. The summed E-state index contributed by atoms with van der Waals surface area (Å²) in [5, 5.41) is 21.4. The summed E-state index contributed by atoms with van der Waals surface area (Å²) in [5.41, 5.74) is 0.0396. The Balaban J connectivity index is 2.03. The van der Waals surface area contributed by atoms with Crippen LogP contribution in [0.15, 0.2) is 11.3 Å². The Morgan fingerprint density at radius 3 is 2.74 bits per heavy atom. The van der Waals surface area contributed by atoms with Crippen LogP contribution in [0.2, 0.25) is 0 Å². The lowest BCUT2D eigenvalue weighted by Crippen LogP contribution is -2.70. The average Bonchev–Trinajstić information content (AvgIpc) is 2.61. The van der Waals surface area contributed by atoms with E-state index in [0.29, 0.717) is 17.3 Å². The van der Waals surface area contributed by atoms with E-state index in [-0.39, 0.29) is 23.8 Å². The summed E-state index contributed by atoms with van der Waals surface area (Å²) in [4.78, 5) is 59.3. The highest BCUT2D eigenvalue weighted by Gasteiger charge is 2.54. The van der Waals surface area contributed by atoms with Gasteiger partial charge in [-0.2, -0.15) is 5.26 Å². The highest BCUT2D eigenvalue weighted by atomic mass is 32.2. The molecular formula is C15H15N3O7S2. The van der Waals surface area contributed by atoms with Gasteiger partial charge < -0.3 is 15.2 Å². The Morgan fingerprint density at radius 2 is 2.15 bits per heavy atom. The smallest absolute Gasteiger partial charge is 0.352 e. The quantitative estimate of drug-likeness (QED) is 0.229. The number of β-lactam (4-membered cyclic amide) rings is 1. The number of esters is 1. The third kappa shape index (κ3) is 4.81. The SMILES string of the molecule is CC(=O)OCC1=C(C(=O)O)N2C(=O)C(NC(=O)CC(=O)CSC#N)[C@@H]2SC1. The highest BCUT2D eigenvalue weighted by molar-refractivity contribution is 8.04. The van der Waals surface area contributed by atoms with Gasteiger partial charge in [-0.1, -0.05) is 0 Å². The third-order valence-corrected chi connectivity index (χ3v) is 5.61. The Hall–Kier alpha value is -2.52. The first kappa shape index (κ1) is 20.8. The second kappa shape index (κ2) is 8.92. The number of Topliss-reactive ketones (excluding diaryl/α,β-unsaturated/α-hetero) is 1. The van der Waals surface area contributed by atoms with Crippen LogP contribution in [0.1, 0.15) is 13.3 Å². The van der Waals surface area contributed by atoms with Crippen LogP contribution in [0.4, 0.5) is 0 Å². The molecular weight excluding hydrogens is 398 g/mol. The lowest BCUT2D eigenvalue weighted by molar-refractivity contribution is -0.151. The summed E-state index contributed by atoms with van der Waals surface area (Å²) in [6, 6.07) is -0.941. The topological polar surface area (TPSA) is 154 Å². The highest BCUT2D eigenvalue weighted by Crippen LogP contribution is 2.40. The van der Waals surface area contributed by atoms with Crippen molar-refractivity contribution in [3.63, 3.8) is 0 Å². The van der Waals surface area contributed by atoms with E-state index in [2.05, 4.69) is 5.32 Å². The minimum atomic E-state index is -1.33. The van der Waals surface area contributed by atoms with Crippen LogP contribution in [-0.2, 0) is 28.7 Å². The fourth-order valence-electron chi connectivity index (χ4n) is 2.55. The first-order chi connectivity index (χ1) is 12.8. The van der Waals surface area contributed by atoms with Crippen molar-refractivity contribution in [2.45, 2.75) is 24.8 Å². The first-order valence-electron chi connectivity index (χ1n) is 7.61. The van der Waals surface area contributed by atoms with Gasteiger partial charge in [0, 0.05) is 18.2 Å². The molecule has 10 nitrogen and oxygen atoms in total. The number of carboxylic acid groups (broad SMARTS) is 1. The summed E-state index contributed by atoms with van der Waals surface area (Å²) < 4.78 is 4.83. The average molecular weight is 413 g/mol. The van der Waals surface area contributed by atoms with Gasteiger partial charge in [0.15, 0.2) is 5.78 Å². The molecule has 12 heteroatoms. The lowest BCUT2D eigenvalue weighted by Gasteiger charge is -2.49. The molecule has 0 saturated carbocycles. The predicted molar refractivity (Wildman–Crippen MR) is 94.0 cm³/mol. The zero-order valence-corrected chi connectivity index (χ0v) is 15.7. The Kier molecular flexibility index (Phi) is 6.86. The number of aliphatic carboxylic acids is 1. The van der Waals surface area contributed by atoms with Gasteiger partial charge in [0.1, 0.15) is 29.1 Å². The number of hydrogen-bond acceptors (Lipinski definition) is 9. The maximum Gasteiger partial charge on any atom is 0.352 e. The van der Waals surface area contributed by atoms with E-state index in [1.54, 1.807) is 5.40 Å². The monoisotopic (exact) mass is 413 g/mol. The minimum Gasteiger partial charge on any atom is -0.477 e. The van der Waals surface area contributed by atoms with E-state index in [4.69, 9.17) is 10.00 Å². The van der Waals surface area contributed by atoms with Crippen LogP contribution in [0.3, 0.4) is 0 Å². The molecule has 2 rings (SSSR count). The second-order valence-electron chi connectivity index (χ2n) is 5.59. The Morgan fingerprint density at radius 1 is 1.44 bits per heavy atom. The molecule has 1 saturated heterocycles. The van der Waals surface area contributed by atoms with E-state index >= 15 is 0 Å². The zero-order chi connectivity index (χ0) is 20.1. The van der Waals surface area contributed by atoms with Gasteiger partial charge in [-0.15, -0.1) is 11.8 Å². The fourth-order valence-corrected chi connectivity index (χ4v) is 4.21. The van der Waals surface area contributed by atoms with Gasteiger partial charge in [0.2, 0.25) is 5.91 Å². The maximum absolute atomic E-state index is 12.3. The molecule has 1 fully saturated rings. The number of hydrogen-bond donors (Lipinski definition) is 2. The Labute approximate surface area is 162 Å². The van der Waals surface area contributed by atoms with Crippen LogP contribution in [-0.4, -0.2) is 69.1 Å². The van der Waals surface area contributed by atoms with E-state index in [1.807, 2.05) is 0 Å². The summed E-state index contributed by atoms with van der Waals surface area (Å²) >= 11 is 1.94. The normalized spacial score (nSPS) is 20.9. The second-order valence-corrected chi connectivity index (χ2v) is 7.45. The van der Waals surface area contributed by atoms with E-state index in [0.717, 1.165) is 4.90 Å². The summed E-state index contributed by atoms with van der Waals surface area (Å²) in [6.45, 7) is 0.957. The van der Waals surface area contributed by atoms with Crippen molar-refractivity contribution < 1.29 is 33.8 Å². The number of nitrogens with zero attached hydrogens (tertiary/aromatic N) is 2. The van der Waals surface area contributed by atoms with Crippen molar-refractivity contribution in [1.29, 1.82) is 5.26 Å². The van der Waals surface area contributed by atoms with Crippen molar-refractivity contribution in [2.24, 2.45) is 0 Å². The predicted octanol–water partition coefficient (Wildman–Crippen LogP) is -0.538. The number of thiocyanates is 1. The third-order valence-electron chi connectivity index (χ3n) is 3.67. The molecule has 144 valence electrons. The number of ether oxygens (including phenoxy) is 1. The summed E-state index contributed by atoms with van der Waals surface area (Å²) in [5.74, 6) is -3.54. The molecule has 0 aromatic heterocycles. The number of carbonyl (C=O) groups excluding carboxylic acids is 4. The van der Waals surface area contributed by atoms with Crippen molar-refractivity contribution >= 4 is 53.1 Å². The number of ketones is 1. The zero-order valence-electron chi connectivity index (χ0n) is 14.1. The molecule has 2 aliphatic rings. The molecule has 0 aromatic carbocycles. The number of fused-ring (bicyclic) bond motifs is 1. The molecule has 0 aromatic rings. The van der Waals surface area contributed by atoms with Gasteiger partial charge in [-0.25, -0.2) is 4.79 Å². The van der Waals surface area contributed by atoms with Crippen LogP contribution < -0.4 is 5.32 Å². The number of rotatable bonds is 8. The van der Waals surface area contributed by atoms with Gasteiger partial charge in [-0.05, 0) is 11.8 Å². The molecule has 0 bridgehead atoms. The number of thioether (sulfide) groups is 2. The number of carbonyl (C=O) groups is 5. The van der Waals surface area contributed by atoms with Crippen molar-refractivity contribution in [2.75, 3.05) is 18.1 Å². The molecule has 0 spiro atoms. The van der Waals surface area contributed by atoms with Crippen molar-refractivity contribution in [3.05, 3.63) is 11.3 Å². The van der Waals surface area contributed by atoms with Gasteiger partial charge in [-0.3, -0.25) is 24.1 Å². The number of nitrogens with one attached hydrogen (secondary N) is 1. The molecule has 2 atom stereocenters. The largest absolute Gasteiger partial charge is 0.477 e. The molecule has 1 unspecified atom stereocenters. The first-order valence-corrected chi connectivity index (χ1v) is 9.65. The lowest BCUT2D eigenvalue weighted by atomic mass is 10.0. The Bertz CT molecular complexity index is 774. The van der Waals surface area contributed by atoms with Crippen molar-refractivity contribution in [3.8, 4) is 5.40 Å².